The van der Waals surface area contributed by atoms with Gasteiger partial charge in [-0.25, -0.2) is 0 Å². The van der Waals surface area contributed by atoms with Gasteiger partial charge in [0.1, 0.15) is 10.6 Å². The highest BCUT2D eigenvalue weighted by molar-refractivity contribution is 6.50. The summed E-state index contributed by atoms with van der Waals surface area (Å²) >= 11 is 5.84. The van der Waals surface area contributed by atoms with Crippen molar-refractivity contribution in [3.8, 4) is 0 Å². The summed E-state index contributed by atoms with van der Waals surface area (Å²) in [5.41, 5.74) is -0.796. The van der Waals surface area contributed by atoms with Gasteiger partial charge in [0.2, 0.25) is 11.6 Å². The van der Waals surface area contributed by atoms with Crippen molar-refractivity contribution in [2.45, 2.75) is 20.0 Å². The lowest BCUT2D eigenvalue weighted by Crippen LogP contribution is -2.24. The lowest BCUT2D eigenvalue weighted by molar-refractivity contribution is -0.385. The van der Waals surface area contributed by atoms with Crippen molar-refractivity contribution in [2.24, 2.45) is 0 Å². The van der Waals surface area contributed by atoms with Crippen molar-refractivity contribution < 1.29 is 19.2 Å². The number of carbonyl (C=O) groups is 2. The van der Waals surface area contributed by atoms with Crippen LogP contribution in [0.15, 0.2) is 29.0 Å². The third-order valence-corrected chi connectivity index (χ3v) is 3.01. The van der Waals surface area contributed by atoms with E-state index in [9.17, 15) is 19.7 Å². The molecule has 0 radical (unpaired) electrons. The molecule has 0 aliphatic heterocycles. The first kappa shape index (κ1) is 14.2. The van der Waals surface area contributed by atoms with Gasteiger partial charge >= 0.3 is 0 Å². The molecular weight excluding hydrogens is 286 g/mol. The van der Waals surface area contributed by atoms with Crippen molar-refractivity contribution in [3.63, 3.8) is 0 Å². The number of ether oxygens (including phenoxy) is 1. The molecule has 0 fully saturated rings. The number of ketones is 2. The quantitative estimate of drug-likeness (QED) is 0.632. The van der Waals surface area contributed by atoms with E-state index < -0.39 is 27.2 Å². The van der Waals surface area contributed by atoms with Crippen LogP contribution in [-0.2, 0) is 4.74 Å². The van der Waals surface area contributed by atoms with Crippen LogP contribution in [0.2, 0.25) is 0 Å². The summed E-state index contributed by atoms with van der Waals surface area (Å²) < 4.78 is 5.25. The minimum atomic E-state index is -0.774. The Morgan fingerprint density at radius 2 is 1.90 bits per heavy atom. The second kappa shape index (κ2) is 5.05. The topological polar surface area (TPSA) is 86.5 Å². The zero-order valence-corrected chi connectivity index (χ0v) is 11.4. The smallest absolute Gasteiger partial charge is 0.281 e. The van der Waals surface area contributed by atoms with Gasteiger partial charge in [-0.15, -0.1) is 0 Å². The molecule has 20 heavy (non-hydrogen) atoms. The van der Waals surface area contributed by atoms with Gasteiger partial charge in [-0.05, 0) is 19.9 Å². The monoisotopic (exact) mass is 295 g/mol. The van der Waals surface area contributed by atoms with Crippen molar-refractivity contribution in [1.82, 2.24) is 0 Å². The SMILES string of the molecule is CC(C)OC1=C(Cl)C(=O)c2c(cccc2[N+](=O)[O-])C1=O. The van der Waals surface area contributed by atoms with Gasteiger partial charge in [0, 0.05) is 11.6 Å². The molecule has 0 atom stereocenters. The first-order chi connectivity index (χ1) is 9.34. The van der Waals surface area contributed by atoms with E-state index in [-0.39, 0.29) is 23.0 Å². The van der Waals surface area contributed by atoms with E-state index in [0.29, 0.717) is 0 Å². The largest absolute Gasteiger partial charge is 0.485 e. The number of hydrogen-bond acceptors (Lipinski definition) is 5. The van der Waals surface area contributed by atoms with Crippen LogP contribution in [0.25, 0.3) is 0 Å². The minimum absolute atomic E-state index is 0.0655. The fourth-order valence-corrected chi connectivity index (χ4v) is 2.12. The van der Waals surface area contributed by atoms with Crippen molar-refractivity contribution in [3.05, 3.63) is 50.2 Å². The molecule has 0 heterocycles. The molecule has 0 saturated heterocycles. The summed E-state index contributed by atoms with van der Waals surface area (Å²) in [6.45, 7) is 3.36. The first-order valence-corrected chi connectivity index (χ1v) is 6.15. The number of hydrogen-bond donors (Lipinski definition) is 0. The molecule has 2 rings (SSSR count). The van der Waals surface area contributed by atoms with Crippen LogP contribution in [0, 0.1) is 10.1 Å². The number of nitro benzene ring substituents is 1. The summed E-state index contributed by atoms with van der Waals surface area (Å²) in [6, 6.07) is 3.84. The van der Waals surface area contributed by atoms with E-state index in [4.69, 9.17) is 16.3 Å². The van der Waals surface area contributed by atoms with E-state index in [1.165, 1.54) is 12.1 Å². The third-order valence-electron chi connectivity index (χ3n) is 2.67. The highest BCUT2D eigenvalue weighted by Crippen LogP contribution is 2.34. The van der Waals surface area contributed by atoms with E-state index >= 15 is 0 Å². The zero-order valence-electron chi connectivity index (χ0n) is 10.7. The van der Waals surface area contributed by atoms with Gasteiger partial charge in [-0.1, -0.05) is 17.7 Å². The number of rotatable bonds is 3. The van der Waals surface area contributed by atoms with E-state index in [0.717, 1.165) is 6.07 Å². The number of fused-ring (bicyclic) bond motifs is 1. The van der Waals surface area contributed by atoms with Crippen LogP contribution in [0.1, 0.15) is 34.6 Å². The number of nitro groups is 1. The van der Waals surface area contributed by atoms with E-state index in [2.05, 4.69) is 0 Å². The van der Waals surface area contributed by atoms with Crippen LogP contribution in [0.3, 0.4) is 0 Å². The molecule has 0 saturated carbocycles. The van der Waals surface area contributed by atoms with Gasteiger partial charge < -0.3 is 4.74 Å². The molecule has 1 aromatic rings. The standard InChI is InChI=1S/C13H10ClNO5/c1-6(2)20-13-10(14)12(17)9-7(11(13)16)4-3-5-8(9)15(18)19/h3-6H,1-2H3. The van der Waals surface area contributed by atoms with Crippen LogP contribution >= 0.6 is 11.6 Å². The number of Topliss-reactive ketones (excluding diaryl/α,β-unsaturated/α-hetero) is 2. The molecule has 0 aromatic heterocycles. The summed E-state index contributed by atoms with van der Waals surface area (Å²) in [5, 5.41) is 10.5. The minimum Gasteiger partial charge on any atom is -0.485 e. The summed E-state index contributed by atoms with van der Waals surface area (Å²) in [5.74, 6) is -1.66. The molecular formula is C13H10ClNO5. The zero-order chi connectivity index (χ0) is 15.0. The van der Waals surface area contributed by atoms with Gasteiger partial charge in [-0.2, -0.15) is 0 Å². The predicted octanol–water partition coefficient (Wildman–Crippen LogP) is 2.85. The maximum Gasteiger partial charge on any atom is 0.281 e. The Bertz CT molecular complexity index is 663. The normalized spacial score (nSPS) is 14.6. The van der Waals surface area contributed by atoms with Gasteiger partial charge in [-0.3, -0.25) is 19.7 Å². The molecule has 0 bridgehead atoms. The molecule has 1 aliphatic rings. The number of nitrogens with zero attached hydrogens (tertiary/aromatic N) is 1. The number of carbonyl (C=O) groups excluding carboxylic acids is 2. The maximum atomic E-state index is 12.2. The van der Waals surface area contributed by atoms with Crippen molar-refractivity contribution in [1.29, 1.82) is 0 Å². The molecule has 7 heteroatoms. The average Bonchev–Trinajstić information content (AvgIpc) is 2.40. The summed E-state index contributed by atoms with van der Waals surface area (Å²) in [7, 11) is 0. The summed E-state index contributed by atoms with van der Waals surface area (Å²) in [6.07, 6.45) is -0.351. The highest BCUT2D eigenvalue weighted by atomic mass is 35.5. The Labute approximate surface area is 119 Å². The fraction of sp³-hybridized carbons (Fsp3) is 0.231. The second-order valence-electron chi connectivity index (χ2n) is 4.42. The molecule has 0 N–H and O–H groups in total. The lowest BCUT2D eigenvalue weighted by Gasteiger charge is -2.19. The van der Waals surface area contributed by atoms with Gasteiger partial charge in [0.15, 0.2) is 5.76 Å². The van der Waals surface area contributed by atoms with Crippen LogP contribution in [0.4, 0.5) is 5.69 Å². The first-order valence-electron chi connectivity index (χ1n) is 5.77. The van der Waals surface area contributed by atoms with Crippen molar-refractivity contribution >= 4 is 28.9 Å². The van der Waals surface area contributed by atoms with Crippen molar-refractivity contribution in [2.75, 3.05) is 0 Å². The highest BCUT2D eigenvalue weighted by Gasteiger charge is 2.38. The number of allylic oxidation sites excluding steroid dienone is 2. The molecule has 0 amide bonds. The predicted molar refractivity (Wildman–Crippen MR) is 70.9 cm³/mol. The van der Waals surface area contributed by atoms with Crippen LogP contribution < -0.4 is 0 Å². The van der Waals surface area contributed by atoms with E-state index in [1.54, 1.807) is 13.8 Å². The number of halogens is 1. The molecule has 104 valence electrons. The van der Waals surface area contributed by atoms with Gasteiger partial charge in [0.25, 0.3) is 5.69 Å². The summed E-state index contributed by atoms with van der Waals surface area (Å²) in [4.78, 5) is 34.6. The average molecular weight is 296 g/mol. The number of benzene rings is 1. The molecule has 0 unspecified atom stereocenters. The Balaban J connectivity index is 2.66. The second-order valence-corrected chi connectivity index (χ2v) is 4.80. The van der Waals surface area contributed by atoms with E-state index in [1.807, 2.05) is 0 Å². The molecule has 1 aromatic carbocycles. The molecule has 1 aliphatic carbocycles. The van der Waals surface area contributed by atoms with Crippen LogP contribution in [-0.4, -0.2) is 22.6 Å². The Morgan fingerprint density at radius 1 is 1.25 bits per heavy atom. The molecule has 6 nitrogen and oxygen atoms in total. The molecule has 0 spiro atoms. The third kappa shape index (κ3) is 2.18. The fourth-order valence-electron chi connectivity index (χ4n) is 1.90. The Morgan fingerprint density at radius 3 is 2.45 bits per heavy atom. The Hall–Kier alpha value is -2.21. The van der Waals surface area contributed by atoms with Gasteiger partial charge in [0.05, 0.1) is 11.0 Å². The van der Waals surface area contributed by atoms with Crippen LogP contribution in [0.5, 0.6) is 0 Å². The maximum absolute atomic E-state index is 12.2. The Kier molecular flexibility index (Phi) is 3.59. The lowest BCUT2D eigenvalue weighted by atomic mass is 9.92.